The summed E-state index contributed by atoms with van der Waals surface area (Å²) >= 11 is 0. The molecule has 0 aliphatic rings. The van der Waals surface area contributed by atoms with Gasteiger partial charge in [0.1, 0.15) is 17.7 Å². The molecule has 21 heavy (non-hydrogen) atoms. The summed E-state index contributed by atoms with van der Waals surface area (Å²) in [6.45, 7) is 0.684. The van der Waals surface area contributed by atoms with Crippen molar-refractivity contribution in [3.8, 4) is 0 Å². The zero-order valence-corrected chi connectivity index (χ0v) is 11.0. The van der Waals surface area contributed by atoms with Gasteiger partial charge in [0.25, 0.3) is 0 Å². The maximum absolute atomic E-state index is 4.36. The van der Waals surface area contributed by atoms with Crippen LogP contribution in [-0.2, 0) is 6.54 Å². The van der Waals surface area contributed by atoms with E-state index in [0.717, 1.165) is 11.2 Å². The van der Waals surface area contributed by atoms with Gasteiger partial charge in [-0.3, -0.25) is 0 Å². The Balaban J connectivity index is 1.74. The highest BCUT2D eigenvalue weighted by Crippen LogP contribution is 2.21. The quantitative estimate of drug-likeness (QED) is 0.594. The molecule has 0 saturated carbocycles. The number of hydrogen-bond acceptors (Lipinski definition) is 6. The van der Waals surface area contributed by atoms with Crippen LogP contribution < -0.4 is 5.32 Å². The fourth-order valence-electron chi connectivity index (χ4n) is 2.18. The predicted molar refractivity (Wildman–Crippen MR) is 78.5 cm³/mol. The molecule has 7 nitrogen and oxygen atoms in total. The van der Waals surface area contributed by atoms with Gasteiger partial charge in [-0.1, -0.05) is 30.3 Å². The molecule has 102 valence electrons. The number of H-pyrrole nitrogens is 1. The lowest BCUT2D eigenvalue weighted by molar-refractivity contribution is 0.955. The van der Waals surface area contributed by atoms with Gasteiger partial charge in [0.2, 0.25) is 5.65 Å². The van der Waals surface area contributed by atoms with Gasteiger partial charge in [0.05, 0.1) is 5.39 Å². The number of benzene rings is 1. The van der Waals surface area contributed by atoms with Crippen molar-refractivity contribution >= 4 is 28.0 Å². The van der Waals surface area contributed by atoms with Crippen LogP contribution in [-0.4, -0.2) is 30.4 Å². The summed E-state index contributed by atoms with van der Waals surface area (Å²) in [7, 11) is 0. The maximum Gasteiger partial charge on any atom is 0.203 e. The van der Waals surface area contributed by atoms with E-state index in [1.54, 1.807) is 0 Å². The smallest absolute Gasteiger partial charge is 0.203 e. The summed E-state index contributed by atoms with van der Waals surface area (Å²) in [6, 6.07) is 12.0. The zero-order chi connectivity index (χ0) is 14.1. The molecule has 0 saturated heterocycles. The molecule has 0 spiro atoms. The molecule has 4 aromatic rings. The summed E-state index contributed by atoms with van der Waals surface area (Å²) in [5.74, 6) is 0.737. The van der Waals surface area contributed by atoms with Crippen LogP contribution in [0.1, 0.15) is 5.56 Å². The molecule has 0 fully saturated rings. The lowest BCUT2D eigenvalue weighted by atomic mass is 10.2. The molecule has 0 radical (unpaired) electrons. The second-order valence-corrected chi connectivity index (χ2v) is 4.59. The van der Waals surface area contributed by atoms with E-state index in [0.29, 0.717) is 23.4 Å². The molecule has 0 aliphatic carbocycles. The lowest BCUT2D eigenvalue weighted by Gasteiger charge is -2.07. The highest BCUT2D eigenvalue weighted by molar-refractivity contribution is 5.93. The van der Waals surface area contributed by atoms with Gasteiger partial charge in [-0.25, -0.2) is 15.0 Å². The minimum Gasteiger partial charge on any atom is -0.365 e. The summed E-state index contributed by atoms with van der Waals surface area (Å²) in [4.78, 5) is 12.8. The third-order valence-electron chi connectivity index (χ3n) is 3.21. The summed E-state index contributed by atoms with van der Waals surface area (Å²) in [6.07, 6.45) is 1.49. The van der Waals surface area contributed by atoms with E-state index >= 15 is 0 Å². The Morgan fingerprint density at radius 2 is 1.90 bits per heavy atom. The average molecular weight is 277 g/mol. The van der Waals surface area contributed by atoms with Crippen LogP contribution in [0.15, 0.2) is 42.7 Å². The van der Waals surface area contributed by atoms with Gasteiger partial charge in [0.15, 0.2) is 5.65 Å². The Morgan fingerprint density at radius 1 is 1.00 bits per heavy atom. The van der Waals surface area contributed by atoms with Crippen molar-refractivity contribution < 1.29 is 0 Å². The minimum atomic E-state index is 0.551. The van der Waals surface area contributed by atoms with E-state index in [1.807, 2.05) is 24.3 Å². The second kappa shape index (κ2) is 4.78. The SMILES string of the molecule is c1ccc(CNc2ncnc3nc4n[nH]nc4cc23)cc1. The molecule has 0 bridgehead atoms. The topological polar surface area (TPSA) is 92.3 Å². The maximum atomic E-state index is 4.36. The van der Waals surface area contributed by atoms with E-state index in [-0.39, 0.29) is 0 Å². The van der Waals surface area contributed by atoms with Crippen molar-refractivity contribution in [1.82, 2.24) is 30.4 Å². The first-order valence-corrected chi connectivity index (χ1v) is 6.50. The van der Waals surface area contributed by atoms with E-state index in [4.69, 9.17) is 0 Å². The van der Waals surface area contributed by atoms with Crippen molar-refractivity contribution in [3.05, 3.63) is 48.3 Å². The molecule has 0 amide bonds. The standard InChI is InChI=1S/C14H11N7/c1-2-4-9(5-3-1)7-15-12-10-6-11-14(20-21-19-11)18-13(10)17-8-16-12/h1-6,8H,7H2,(H2,15,16,17,18,19,20,21). The van der Waals surface area contributed by atoms with Gasteiger partial charge in [-0.2, -0.15) is 10.3 Å². The first-order valence-electron chi connectivity index (χ1n) is 6.50. The highest BCUT2D eigenvalue weighted by atomic mass is 15.3. The number of anilines is 1. The van der Waals surface area contributed by atoms with Crippen LogP contribution >= 0.6 is 0 Å². The second-order valence-electron chi connectivity index (χ2n) is 4.59. The van der Waals surface area contributed by atoms with Crippen molar-refractivity contribution in [1.29, 1.82) is 0 Å². The third kappa shape index (κ3) is 2.14. The number of aromatic nitrogens is 6. The number of pyridine rings is 1. The van der Waals surface area contributed by atoms with Crippen molar-refractivity contribution in [3.63, 3.8) is 0 Å². The Labute approximate surface area is 119 Å². The molecule has 7 heteroatoms. The summed E-state index contributed by atoms with van der Waals surface area (Å²) in [5, 5.41) is 14.7. The first-order chi connectivity index (χ1) is 10.4. The van der Waals surface area contributed by atoms with Crippen LogP contribution in [0.5, 0.6) is 0 Å². The van der Waals surface area contributed by atoms with E-state index in [2.05, 4.69) is 47.8 Å². The Hall–Kier alpha value is -3.09. The fourth-order valence-corrected chi connectivity index (χ4v) is 2.18. The third-order valence-corrected chi connectivity index (χ3v) is 3.21. The summed E-state index contributed by atoms with van der Waals surface area (Å²) < 4.78 is 0. The van der Waals surface area contributed by atoms with Crippen molar-refractivity contribution in [2.45, 2.75) is 6.54 Å². The van der Waals surface area contributed by atoms with Gasteiger partial charge in [0, 0.05) is 6.54 Å². The lowest BCUT2D eigenvalue weighted by Crippen LogP contribution is -2.03. The molecule has 0 unspecified atom stereocenters. The van der Waals surface area contributed by atoms with Crippen LogP contribution in [0.3, 0.4) is 0 Å². The molecule has 2 N–H and O–H groups in total. The normalized spacial score (nSPS) is 11.0. The zero-order valence-electron chi connectivity index (χ0n) is 11.0. The monoisotopic (exact) mass is 277 g/mol. The number of nitrogens with one attached hydrogen (secondary N) is 2. The van der Waals surface area contributed by atoms with Crippen LogP contribution in [0.25, 0.3) is 22.2 Å². The van der Waals surface area contributed by atoms with E-state index < -0.39 is 0 Å². The Bertz CT molecular complexity index is 901. The molecule has 3 heterocycles. The molecular formula is C14H11N7. The van der Waals surface area contributed by atoms with Crippen LogP contribution in [0.2, 0.25) is 0 Å². The first kappa shape index (κ1) is 11.7. The highest BCUT2D eigenvalue weighted by Gasteiger charge is 2.08. The number of hydrogen-bond donors (Lipinski definition) is 2. The molecule has 1 aromatic carbocycles. The molecular weight excluding hydrogens is 266 g/mol. The van der Waals surface area contributed by atoms with Gasteiger partial charge in [-0.05, 0) is 11.6 Å². The number of nitrogens with zero attached hydrogens (tertiary/aromatic N) is 5. The number of rotatable bonds is 3. The fraction of sp³-hybridized carbons (Fsp3) is 0.0714. The largest absolute Gasteiger partial charge is 0.365 e. The van der Waals surface area contributed by atoms with Gasteiger partial charge >= 0.3 is 0 Å². The minimum absolute atomic E-state index is 0.551. The number of aromatic amines is 1. The van der Waals surface area contributed by atoms with Crippen molar-refractivity contribution in [2.75, 3.05) is 5.32 Å². The van der Waals surface area contributed by atoms with Crippen molar-refractivity contribution in [2.24, 2.45) is 0 Å². The average Bonchev–Trinajstić information content (AvgIpc) is 2.99. The van der Waals surface area contributed by atoms with Gasteiger partial charge in [-0.15, -0.1) is 5.10 Å². The van der Waals surface area contributed by atoms with E-state index in [9.17, 15) is 0 Å². The summed E-state index contributed by atoms with van der Waals surface area (Å²) in [5.41, 5.74) is 3.02. The molecule has 0 atom stereocenters. The van der Waals surface area contributed by atoms with Crippen LogP contribution in [0.4, 0.5) is 5.82 Å². The molecule has 0 aliphatic heterocycles. The Kier molecular flexibility index (Phi) is 2.67. The number of fused-ring (bicyclic) bond motifs is 2. The molecule has 3 aromatic heterocycles. The van der Waals surface area contributed by atoms with Gasteiger partial charge < -0.3 is 5.32 Å². The Morgan fingerprint density at radius 3 is 2.81 bits per heavy atom. The van der Waals surface area contributed by atoms with Crippen LogP contribution in [0, 0.1) is 0 Å². The predicted octanol–water partition coefficient (Wildman–Crippen LogP) is 1.91. The van der Waals surface area contributed by atoms with E-state index in [1.165, 1.54) is 11.9 Å². The molecule has 4 rings (SSSR count).